The van der Waals surface area contributed by atoms with Gasteiger partial charge in [-0.1, -0.05) is 54.6 Å². The molecule has 3 aliphatic rings. The Labute approximate surface area is 232 Å². The minimum atomic E-state index is -1.68. The lowest BCUT2D eigenvalue weighted by atomic mass is 9.63. The summed E-state index contributed by atoms with van der Waals surface area (Å²) in [5.41, 5.74) is 0.307. The quantitative estimate of drug-likeness (QED) is 0.342. The first-order valence-corrected chi connectivity index (χ1v) is 13.2. The summed E-state index contributed by atoms with van der Waals surface area (Å²) >= 11 is 0. The molecule has 204 valence electrons. The van der Waals surface area contributed by atoms with E-state index in [9.17, 15) is 14.4 Å². The average Bonchev–Trinajstić information content (AvgIpc) is 3.38. The number of benzene rings is 3. The van der Waals surface area contributed by atoms with Crippen LogP contribution < -0.4 is 9.47 Å². The normalized spacial score (nSPS) is 22.1. The Morgan fingerprint density at radius 1 is 0.875 bits per heavy atom. The molecule has 0 amide bonds. The van der Waals surface area contributed by atoms with Crippen LogP contribution in [-0.2, 0) is 9.53 Å². The molecule has 1 aliphatic carbocycles. The molecule has 1 fully saturated rings. The third-order valence-electron chi connectivity index (χ3n) is 7.99. The smallest absolute Gasteiger partial charge is 0.331 e. The molecule has 2 aliphatic heterocycles. The third kappa shape index (κ3) is 3.51. The molecular formula is C32H30N2O6. The monoisotopic (exact) mass is 538 g/mol. The largest absolute Gasteiger partial charge is 0.493 e. The van der Waals surface area contributed by atoms with E-state index in [1.165, 1.54) is 14.2 Å². The Balaban J connectivity index is 1.68. The van der Waals surface area contributed by atoms with Gasteiger partial charge in [-0.15, -0.1) is 0 Å². The Morgan fingerprint density at radius 3 is 2.12 bits per heavy atom. The van der Waals surface area contributed by atoms with Gasteiger partial charge >= 0.3 is 5.97 Å². The number of ether oxygens (including phenoxy) is 3. The van der Waals surface area contributed by atoms with Crippen molar-refractivity contribution in [2.45, 2.75) is 44.4 Å². The van der Waals surface area contributed by atoms with Crippen LogP contribution in [0.2, 0.25) is 0 Å². The molecular weight excluding hydrogens is 508 g/mol. The van der Waals surface area contributed by atoms with Crippen LogP contribution >= 0.6 is 0 Å². The molecule has 0 radical (unpaired) electrons. The predicted octanol–water partition coefficient (Wildman–Crippen LogP) is 4.97. The van der Waals surface area contributed by atoms with Gasteiger partial charge in [-0.3, -0.25) is 14.6 Å². The summed E-state index contributed by atoms with van der Waals surface area (Å²) in [5.74, 6) is -1.27. The Kier molecular flexibility index (Phi) is 5.83. The predicted molar refractivity (Wildman–Crippen MR) is 148 cm³/mol. The van der Waals surface area contributed by atoms with Crippen molar-refractivity contribution in [1.29, 1.82) is 0 Å². The molecule has 40 heavy (non-hydrogen) atoms. The SMILES string of the molecule is COc1ccc([C@@H]2[C@@H](C(=O)OC(C)(C)C)N3N=Cc4ccccc4C3C23C(=O)c2ccccc2C3=O)cc1OC. The van der Waals surface area contributed by atoms with Gasteiger partial charge in [0.25, 0.3) is 0 Å². The lowest BCUT2D eigenvalue weighted by molar-refractivity contribution is -0.161. The molecule has 0 aromatic heterocycles. The standard InChI is InChI=1S/C32H30N2O6/c1-31(2,3)40-30(37)26-25(18-14-15-23(38-4)24(16-18)39-5)32(28(35)21-12-8-9-13-22(21)29(32)36)27-20-11-7-6-10-19(20)17-33-34(26)27/h6-17,25-27H,1-5H3/t25-,26+,27?/m1/s1. The van der Waals surface area contributed by atoms with Crippen LogP contribution in [-0.4, -0.2) is 54.6 Å². The molecule has 1 saturated heterocycles. The van der Waals surface area contributed by atoms with Gasteiger partial charge in [0.15, 0.2) is 29.1 Å². The number of carbonyl (C=O) groups excluding carboxylic acids is 3. The summed E-state index contributed by atoms with van der Waals surface area (Å²) in [6.45, 7) is 5.36. The van der Waals surface area contributed by atoms with Crippen LogP contribution in [0.5, 0.6) is 11.5 Å². The van der Waals surface area contributed by atoms with Gasteiger partial charge in [-0.05, 0) is 49.6 Å². The maximum Gasteiger partial charge on any atom is 0.331 e. The summed E-state index contributed by atoms with van der Waals surface area (Å²) < 4.78 is 17.0. The second kappa shape index (κ2) is 9.05. The number of fused-ring (bicyclic) bond motifs is 5. The minimum Gasteiger partial charge on any atom is -0.493 e. The summed E-state index contributed by atoms with van der Waals surface area (Å²) in [5, 5.41) is 6.33. The second-order valence-corrected chi connectivity index (χ2v) is 11.3. The van der Waals surface area contributed by atoms with E-state index in [4.69, 9.17) is 19.3 Å². The van der Waals surface area contributed by atoms with Gasteiger partial charge in [0.05, 0.1) is 26.5 Å². The maximum absolute atomic E-state index is 14.7. The first-order chi connectivity index (χ1) is 19.1. The second-order valence-electron chi connectivity index (χ2n) is 11.3. The highest BCUT2D eigenvalue weighted by Crippen LogP contribution is 2.64. The molecule has 3 aromatic rings. The fraction of sp³-hybridized carbons (Fsp3) is 0.312. The van der Waals surface area contributed by atoms with E-state index >= 15 is 0 Å². The zero-order chi connectivity index (χ0) is 28.4. The van der Waals surface area contributed by atoms with Crippen LogP contribution in [0.25, 0.3) is 0 Å². The number of esters is 1. The zero-order valence-corrected chi connectivity index (χ0v) is 23.0. The number of hydrogen-bond acceptors (Lipinski definition) is 8. The Morgan fingerprint density at radius 2 is 1.50 bits per heavy atom. The van der Waals surface area contributed by atoms with E-state index < -0.39 is 35.0 Å². The van der Waals surface area contributed by atoms with Crippen LogP contribution in [0.15, 0.2) is 71.8 Å². The highest BCUT2D eigenvalue weighted by atomic mass is 16.6. The van der Waals surface area contributed by atoms with Crippen LogP contribution in [0.3, 0.4) is 0 Å². The topological polar surface area (TPSA) is 94.5 Å². The lowest BCUT2D eigenvalue weighted by Crippen LogP contribution is -2.44. The van der Waals surface area contributed by atoms with Crippen LogP contribution in [0, 0.1) is 5.41 Å². The van der Waals surface area contributed by atoms with E-state index in [2.05, 4.69) is 0 Å². The number of Topliss-reactive ketones (excluding diaryl/α,β-unsaturated/α-hetero) is 2. The summed E-state index contributed by atoms with van der Waals surface area (Å²) in [6, 6.07) is 17.7. The zero-order valence-electron chi connectivity index (χ0n) is 23.0. The van der Waals surface area contributed by atoms with E-state index in [1.54, 1.807) is 74.5 Å². The molecule has 8 heteroatoms. The number of hydrazone groups is 1. The van der Waals surface area contributed by atoms with Crippen molar-refractivity contribution in [2.75, 3.05) is 14.2 Å². The van der Waals surface area contributed by atoms with Gasteiger partial charge in [0.1, 0.15) is 11.0 Å². The fourth-order valence-corrected chi connectivity index (χ4v) is 6.53. The average molecular weight is 539 g/mol. The Bertz CT molecular complexity index is 1550. The molecule has 2 heterocycles. The van der Waals surface area contributed by atoms with Gasteiger partial charge in [0.2, 0.25) is 0 Å². The van der Waals surface area contributed by atoms with Gasteiger partial charge < -0.3 is 14.2 Å². The molecule has 8 nitrogen and oxygen atoms in total. The number of hydrogen-bond donors (Lipinski definition) is 0. The number of ketones is 2. The summed E-state index contributed by atoms with van der Waals surface area (Å²) in [7, 11) is 3.05. The molecule has 0 saturated carbocycles. The third-order valence-corrected chi connectivity index (χ3v) is 7.99. The van der Waals surface area contributed by atoms with Crippen molar-refractivity contribution in [2.24, 2.45) is 10.5 Å². The maximum atomic E-state index is 14.7. The molecule has 1 unspecified atom stereocenters. The van der Waals surface area contributed by atoms with E-state index in [1.807, 2.05) is 24.3 Å². The highest BCUT2D eigenvalue weighted by Gasteiger charge is 2.73. The molecule has 0 bridgehead atoms. The van der Waals surface area contributed by atoms with Gasteiger partial charge in [0, 0.05) is 17.0 Å². The molecule has 1 spiro atoms. The first kappa shape index (κ1) is 25.8. The van der Waals surface area contributed by atoms with Crippen molar-refractivity contribution < 1.29 is 28.6 Å². The molecule has 3 atom stereocenters. The summed E-state index contributed by atoms with van der Waals surface area (Å²) in [4.78, 5) is 43.5. The van der Waals surface area contributed by atoms with E-state index in [-0.39, 0.29) is 11.6 Å². The highest BCUT2D eigenvalue weighted by molar-refractivity contribution is 6.31. The van der Waals surface area contributed by atoms with Gasteiger partial charge in [-0.2, -0.15) is 5.10 Å². The van der Waals surface area contributed by atoms with Crippen molar-refractivity contribution >= 4 is 23.8 Å². The van der Waals surface area contributed by atoms with Crippen LogP contribution in [0.4, 0.5) is 0 Å². The van der Waals surface area contributed by atoms with E-state index in [0.717, 1.165) is 11.1 Å². The Hall–Kier alpha value is -4.46. The lowest BCUT2D eigenvalue weighted by Gasteiger charge is -2.36. The number of rotatable bonds is 4. The van der Waals surface area contributed by atoms with Crippen LogP contribution in [0.1, 0.15) is 70.1 Å². The first-order valence-electron chi connectivity index (χ1n) is 13.2. The van der Waals surface area contributed by atoms with Crippen molar-refractivity contribution in [3.05, 3.63) is 94.5 Å². The number of nitrogens with zero attached hydrogens (tertiary/aromatic N) is 2. The van der Waals surface area contributed by atoms with E-state index in [0.29, 0.717) is 28.2 Å². The minimum absolute atomic E-state index is 0.333. The van der Waals surface area contributed by atoms with Crippen molar-refractivity contribution in [3.8, 4) is 11.5 Å². The van der Waals surface area contributed by atoms with Gasteiger partial charge in [-0.25, -0.2) is 4.79 Å². The molecule has 3 aromatic carbocycles. The van der Waals surface area contributed by atoms with Crippen molar-refractivity contribution in [3.63, 3.8) is 0 Å². The number of methoxy groups -OCH3 is 2. The summed E-state index contributed by atoms with van der Waals surface area (Å²) in [6.07, 6.45) is 1.67. The molecule has 0 N–H and O–H groups in total. The fourth-order valence-electron chi connectivity index (χ4n) is 6.53. The molecule has 6 rings (SSSR count). The number of carbonyl (C=O) groups is 3. The van der Waals surface area contributed by atoms with Crippen molar-refractivity contribution in [1.82, 2.24) is 5.01 Å².